The molecule has 2 rings (SSSR count). The zero-order chi connectivity index (χ0) is 10.7. The van der Waals surface area contributed by atoms with Gasteiger partial charge < -0.3 is 11.1 Å². The summed E-state index contributed by atoms with van der Waals surface area (Å²) in [6.45, 7) is 0. The van der Waals surface area contributed by atoms with Gasteiger partial charge in [0.15, 0.2) is 0 Å². The maximum atomic E-state index is 11.8. The Labute approximate surface area is 106 Å². The van der Waals surface area contributed by atoms with Gasteiger partial charge in [0.25, 0.3) is 0 Å². The molecule has 1 fully saturated rings. The van der Waals surface area contributed by atoms with Gasteiger partial charge in [-0.3, -0.25) is 4.79 Å². The van der Waals surface area contributed by atoms with E-state index in [1.165, 1.54) is 0 Å². The van der Waals surface area contributed by atoms with Crippen molar-refractivity contribution < 1.29 is 4.79 Å². The fraction of sp³-hybridized carbons (Fsp3) is 0.545. The van der Waals surface area contributed by atoms with Crippen molar-refractivity contribution in [3.8, 4) is 0 Å². The molecule has 0 radical (unpaired) electrons. The minimum Gasteiger partial charge on any atom is -0.328 e. The van der Waals surface area contributed by atoms with Crippen LogP contribution in [0.25, 0.3) is 0 Å². The zero-order valence-corrected chi connectivity index (χ0v) is 10.7. The van der Waals surface area contributed by atoms with Gasteiger partial charge in [-0.1, -0.05) is 6.42 Å². The topological polar surface area (TPSA) is 55.1 Å². The van der Waals surface area contributed by atoms with Crippen molar-refractivity contribution >= 4 is 35.3 Å². The van der Waals surface area contributed by atoms with Gasteiger partial charge in [0.2, 0.25) is 5.91 Å². The lowest BCUT2D eigenvalue weighted by molar-refractivity contribution is -0.120. The van der Waals surface area contributed by atoms with Crippen LogP contribution in [-0.2, 0) is 4.79 Å². The molecule has 2 atom stereocenters. The Morgan fingerprint density at radius 1 is 1.50 bits per heavy atom. The van der Waals surface area contributed by atoms with Crippen LogP contribution >= 0.6 is 23.7 Å². The Bertz CT molecular complexity index is 329. The first-order valence-corrected chi connectivity index (χ1v) is 6.28. The Morgan fingerprint density at radius 2 is 2.31 bits per heavy atom. The number of carbonyl (C=O) groups excluding carboxylic acids is 1. The Kier molecular flexibility index (Phi) is 5.25. The summed E-state index contributed by atoms with van der Waals surface area (Å²) in [5.74, 6) is 0.234. The van der Waals surface area contributed by atoms with Gasteiger partial charge in [0.05, 0.1) is 5.69 Å². The van der Waals surface area contributed by atoms with Crippen molar-refractivity contribution in [1.82, 2.24) is 0 Å². The van der Waals surface area contributed by atoms with Crippen molar-refractivity contribution in [1.29, 1.82) is 0 Å². The molecule has 90 valence electrons. The number of rotatable bonds is 2. The van der Waals surface area contributed by atoms with Crippen LogP contribution in [0.2, 0.25) is 0 Å². The standard InChI is InChI=1S/C11H16N2OS.ClH/c12-9-3-1-2-8(6-9)11(14)13-10-4-5-15-7-10;/h4-5,7-9H,1-3,6,12H2,(H,13,14);1H. The average molecular weight is 261 g/mol. The van der Waals surface area contributed by atoms with E-state index in [1.807, 2.05) is 16.8 Å². The summed E-state index contributed by atoms with van der Waals surface area (Å²) in [6, 6.07) is 2.13. The highest BCUT2D eigenvalue weighted by Gasteiger charge is 2.25. The van der Waals surface area contributed by atoms with Crippen LogP contribution < -0.4 is 11.1 Å². The number of amides is 1. The minimum atomic E-state index is 0. The second-order valence-corrected chi connectivity index (χ2v) is 4.90. The number of hydrogen-bond acceptors (Lipinski definition) is 3. The SMILES string of the molecule is Cl.NC1CCCC(C(=O)Nc2ccsc2)C1. The second-order valence-electron chi connectivity index (χ2n) is 4.12. The molecule has 5 heteroatoms. The zero-order valence-electron chi connectivity index (χ0n) is 9.02. The lowest BCUT2D eigenvalue weighted by atomic mass is 9.85. The summed E-state index contributed by atoms with van der Waals surface area (Å²) < 4.78 is 0. The fourth-order valence-corrected chi connectivity index (χ4v) is 2.63. The molecule has 1 aliphatic rings. The van der Waals surface area contributed by atoms with Crippen molar-refractivity contribution in [2.45, 2.75) is 31.7 Å². The molecule has 1 amide bonds. The molecule has 2 unspecified atom stereocenters. The quantitative estimate of drug-likeness (QED) is 0.859. The number of halogens is 1. The highest BCUT2D eigenvalue weighted by molar-refractivity contribution is 7.08. The molecule has 3 N–H and O–H groups in total. The highest BCUT2D eigenvalue weighted by Crippen LogP contribution is 2.24. The van der Waals surface area contributed by atoms with E-state index in [9.17, 15) is 4.79 Å². The van der Waals surface area contributed by atoms with Crippen LogP contribution in [0.5, 0.6) is 0 Å². The van der Waals surface area contributed by atoms with Crippen LogP contribution in [0.15, 0.2) is 16.8 Å². The van der Waals surface area contributed by atoms with E-state index in [-0.39, 0.29) is 30.3 Å². The second kappa shape index (κ2) is 6.23. The van der Waals surface area contributed by atoms with Crippen molar-refractivity contribution in [2.24, 2.45) is 11.7 Å². The highest BCUT2D eigenvalue weighted by atomic mass is 35.5. The molecular weight excluding hydrogens is 244 g/mol. The summed E-state index contributed by atoms with van der Waals surface area (Å²) >= 11 is 1.59. The number of anilines is 1. The summed E-state index contributed by atoms with van der Waals surface area (Å²) in [7, 11) is 0. The van der Waals surface area contributed by atoms with Crippen LogP contribution in [0.3, 0.4) is 0 Å². The van der Waals surface area contributed by atoms with E-state index < -0.39 is 0 Å². The molecule has 0 spiro atoms. The average Bonchev–Trinajstić information content (AvgIpc) is 2.70. The van der Waals surface area contributed by atoms with Crippen LogP contribution in [0, 0.1) is 5.92 Å². The van der Waals surface area contributed by atoms with Gasteiger partial charge >= 0.3 is 0 Å². The molecule has 0 aliphatic heterocycles. The molecule has 1 aromatic heterocycles. The third-order valence-electron chi connectivity index (χ3n) is 2.87. The van der Waals surface area contributed by atoms with Gasteiger partial charge in [0.1, 0.15) is 0 Å². The van der Waals surface area contributed by atoms with Crippen LogP contribution in [0.4, 0.5) is 5.69 Å². The Morgan fingerprint density at radius 3 is 2.94 bits per heavy atom. The van der Waals surface area contributed by atoms with Crippen molar-refractivity contribution in [2.75, 3.05) is 5.32 Å². The first-order chi connectivity index (χ1) is 7.25. The third-order valence-corrected chi connectivity index (χ3v) is 3.56. The molecule has 0 bridgehead atoms. The molecule has 0 saturated heterocycles. The Balaban J connectivity index is 0.00000128. The first kappa shape index (κ1) is 13.5. The smallest absolute Gasteiger partial charge is 0.227 e. The fourth-order valence-electron chi connectivity index (χ4n) is 2.05. The summed E-state index contributed by atoms with van der Waals surface area (Å²) in [4.78, 5) is 11.8. The van der Waals surface area contributed by atoms with E-state index >= 15 is 0 Å². The van der Waals surface area contributed by atoms with Crippen molar-refractivity contribution in [3.63, 3.8) is 0 Å². The molecule has 3 nitrogen and oxygen atoms in total. The van der Waals surface area contributed by atoms with Crippen LogP contribution in [-0.4, -0.2) is 11.9 Å². The molecule has 1 saturated carbocycles. The lowest BCUT2D eigenvalue weighted by Gasteiger charge is -2.25. The first-order valence-electron chi connectivity index (χ1n) is 5.34. The van der Waals surface area contributed by atoms with Gasteiger partial charge in [-0.25, -0.2) is 0 Å². The van der Waals surface area contributed by atoms with E-state index in [0.717, 1.165) is 31.4 Å². The molecule has 1 aliphatic carbocycles. The lowest BCUT2D eigenvalue weighted by Crippen LogP contribution is -2.34. The molecule has 16 heavy (non-hydrogen) atoms. The maximum absolute atomic E-state index is 11.8. The van der Waals surface area contributed by atoms with Crippen molar-refractivity contribution in [3.05, 3.63) is 16.8 Å². The normalized spacial score (nSPS) is 24.6. The van der Waals surface area contributed by atoms with E-state index in [1.54, 1.807) is 11.3 Å². The number of hydrogen-bond donors (Lipinski definition) is 2. The van der Waals surface area contributed by atoms with Gasteiger partial charge in [-0.15, -0.1) is 12.4 Å². The predicted molar refractivity (Wildman–Crippen MR) is 70.1 cm³/mol. The molecular formula is C11H17ClN2OS. The summed E-state index contributed by atoms with van der Waals surface area (Å²) in [6.07, 6.45) is 3.94. The van der Waals surface area contributed by atoms with Crippen LogP contribution in [0.1, 0.15) is 25.7 Å². The monoisotopic (exact) mass is 260 g/mol. The summed E-state index contributed by atoms with van der Waals surface area (Å²) in [5, 5.41) is 6.83. The molecule has 0 aromatic carbocycles. The third kappa shape index (κ3) is 3.47. The van der Waals surface area contributed by atoms with E-state index in [2.05, 4.69) is 5.32 Å². The Hall–Kier alpha value is -0.580. The maximum Gasteiger partial charge on any atom is 0.227 e. The number of carbonyl (C=O) groups is 1. The summed E-state index contributed by atoms with van der Waals surface area (Å²) in [5.41, 5.74) is 6.76. The van der Waals surface area contributed by atoms with E-state index in [0.29, 0.717) is 0 Å². The minimum absolute atomic E-state index is 0. The largest absolute Gasteiger partial charge is 0.328 e. The number of nitrogens with one attached hydrogen (secondary N) is 1. The molecule has 1 aromatic rings. The number of thiophene rings is 1. The predicted octanol–water partition coefficient (Wildman–Crippen LogP) is 2.63. The molecule has 1 heterocycles. The van der Waals surface area contributed by atoms with E-state index in [4.69, 9.17) is 5.73 Å². The van der Waals surface area contributed by atoms with Gasteiger partial charge in [-0.05, 0) is 30.7 Å². The number of nitrogens with two attached hydrogens (primary N) is 1. The van der Waals surface area contributed by atoms with Gasteiger partial charge in [-0.2, -0.15) is 11.3 Å². The van der Waals surface area contributed by atoms with Gasteiger partial charge in [0, 0.05) is 17.3 Å².